The van der Waals surface area contributed by atoms with Gasteiger partial charge in [0.25, 0.3) is 11.7 Å². The molecule has 38 heavy (non-hydrogen) atoms. The average Bonchev–Trinajstić information content (AvgIpc) is 3.19. The molecule has 3 aromatic rings. The van der Waals surface area contributed by atoms with Gasteiger partial charge in [-0.3, -0.25) is 14.5 Å². The zero-order chi connectivity index (χ0) is 27.0. The van der Waals surface area contributed by atoms with Gasteiger partial charge in [0.05, 0.1) is 25.3 Å². The fourth-order valence-corrected chi connectivity index (χ4v) is 4.77. The number of ketones is 1. The molecular weight excluding hydrogens is 486 g/mol. The van der Waals surface area contributed by atoms with Crippen molar-refractivity contribution in [3.63, 3.8) is 0 Å². The van der Waals surface area contributed by atoms with E-state index in [4.69, 9.17) is 18.9 Å². The molecule has 0 radical (unpaired) electrons. The summed E-state index contributed by atoms with van der Waals surface area (Å²) >= 11 is 0. The van der Waals surface area contributed by atoms with E-state index in [1.54, 1.807) is 49.6 Å². The second kappa shape index (κ2) is 10.1. The van der Waals surface area contributed by atoms with Gasteiger partial charge in [-0.15, -0.1) is 0 Å². The lowest BCUT2D eigenvalue weighted by Crippen LogP contribution is -2.29. The monoisotopic (exact) mass is 515 g/mol. The molecule has 0 spiro atoms. The number of aliphatic hydroxyl groups is 1. The maximum atomic E-state index is 13.5. The van der Waals surface area contributed by atoms with Crippen LogP contribution in [0.2, 0.25) is 0 Å². The van der Waals surface area contributed by atoms with Crippen LogP contribution in [0.5, 0.6) is 23.0 Å². The van der Waals surface area contributed by atoms with Crippen LogP contribution in [-0.2, 0) is 9.59 Å². The number of carbonyl (C=O) groups excluding carboxylic acids is 2. The van der Waals surface area contributed by atoms with E-state index in [1.165, 1.54) is 4.90 Å². The molecule has 8 heteroatoms. The lowest BCUT2D eigenvalue weighted by Gasteiger charge is -2.27. The Bertz CT molecular complexity index is 1460. The zero-order valence-corrected chi connectivity index (χ0v) is 21.7. The summed E-state index contributed by atoms with van der Waals surface area (Å²) in [5.74, 6) is 0.189. The Morgan fingerprint density at radius 2 is 1.71 bits per heavy atom. The predicted octanol–water partition coefficient (Wildman–Crippen LogP) is 5.11. The SMILES string of the molecule is CCOc1cc(C2/C(=C(\O)c3ccc4c(c3)OCCO4)C(=O)C(=O)N2c2ccc(C)c(C)c2)ccc1OC. The number of ether oxygens (including phenoxy) is 4. The molecule has 0 saturated carbocycles. The Kier molecular flexibility index (Phi) is 6.72. The van der Waals surface area contributed by atoms with E-state index in [-0.39, 0.29) is 11.3 Å². The predicted molar refractivity (Wildman–Crippen MR) is 142 cm³/mol. The first-order chi connectivity index (χ1) is 18.3. The average molecular weight is 516 g/mol. The molecule has 1 amide bonds. The van der Waals surface area contributed by atoms with Crippen molar-refractivity contribution in [3.8, 4) is 23.0 Å². The maximum absolute atomic E-state index is 13.5. The fourth-order valence-electron chi connectivity index (χ4n) is 4.77. The van der Waals surface area contributed by atoms with E-state index in [2.05, 4.69) is 0 Å². The Morgan fingerprint density at radius 1 is 0.947 bits per heavy atom. The van der Waals surface area contributed by atoms with E-state index in [1.807, 2.05) is 32.9 Å². The number of hydrogen-bond acceptors (Lipinski definition) is 7. The third-order valence-corrected chi connectivity index (χ3v) is 6.83. The van der Waals surface area contributed by atoms with Crippen LogP contribution in [0, 0.1) is 13.8 Å². The summed E-state index contributed by atoms with van der Waals surface area (Å²) in [5.41, 5.74) is 3.48. The van der Waals surface area contributed by atoms with Crippen LogP contribution in [0.1, 0.15) is 35.2 Å². The van der Waals surface area contributed by atoms with Gasteiger partial charge in [0, 0.05) is 11.3 Å². The lowest BCUT2D eigenvalue weighted by atomic mass is 9.94. The number of aryl methyl sites for hydroxylation is 2. The minimum Gasteiger partial charge on any atom is -0.507 e. The highest BCUT2D eigenvalue weighted by Crippen LogP contribution is 2.45. The van der Waals surface area contributed by atoms with Gasteiger partial charge in [0.15, 0.2) is 23.0 Å². The summed E-state index contributed by atoms with van der Waals surface area (Å²) in [6.07, 6.45) is 0. The zero-order valence-electron chi connectivity index (χ0n) is 21.7. The van der Waals surface area contributed by atoms with Crippen molar-refractivity contribution >= 4 is 23.1 Å². The molecule has 2 aliphatic rings. The van der Waals surface area contributed by atoms with E-state index in [9.17, 15) is 14.7 Å². The Morgan fingerprint density at radius 3 is 2.42 bits per heavy atom. The number of Topliss-reactive ketones (excluding diaryl/α,β-unsaturated/α-hetero) is 1. The van der Waals surface area contributed by atoms with Crippen LogP contribution in [0.15, 0.2) is 60.2 Å². The lowest BCUT2D eigenvalue weighted by molar-refractivity contribution is -0.132. The van der Waals surface area contributed by atoms with Crippen molar-refractivity contribution in [1.82, 2.24) is 0 Å². The molecule has 0 aromatic heterocycles. The summed E-state index contributed by atoms with van der Waals surface area (Å²) in [7, 11) is 1.54. The number of benzene rings is 3. The van der Waals surface area contributed by atoms with Crippen molar-refractivity contribution in [2.75, 3.05) is 31.8 Å². The number of anilines is 1. The van der Waals surface area contributed by atoms with Crippen LogP contribution in [0.3, 0.4) is 0 Å². The summed E-state index contributed by atoms with van der Waals surface area (Å²) in [6, 6.07) is 14.8. The van der Waals surface area contributed by atoms with Gasteiger partial charge < -0.3 is 24.1 Å². The van der Waals surface area contributed by atoms with E-state index < -0.39 is 17.7 Å². The molecule has 5 rings (SSSR count). The third-order valence-electron chi connectivity index (χ3n) is 6.83. The molecule has 0 bridgehead atoms. The highest BCUT2D eigenvalue weighted by Gasteiger charge is 2.47. The topological polar surface area (TPSA) is 94.5 Å². The number of nitrogens with zero attached hydrogens (tertiary/aromatic N) is 1. The molecule has 3 aromatic carbocycles. The fraction of sp³-hybridized carbons (Fsp3) is 0.267. The molecule has 0 aliphatic carbocycles. The van der Waals surface area contributed by atoms with Gasteiger partial charge in [-0.1, -0.05) is 12.1 Å². The highest BCUT2D eigenvalue weighted by molar-refractivity contribution is 6.51. The molecule has 8 nitrogen and oxygen atoms in total. The van der Waals surface area contributed by atoms with E-state index in [0.717, 1.165) is 11.1 Å². The molecule has 1 N–H and O–H groups in total. The first kappa shape index (κ1) is 25.2. The Balaban J connectivity index is 1.72. The van der Waals surface area contributed by atoms with Gasteiger partial charge in [-0.2, -0.15) is 0 Å². The molecule has 2 aliphatic heterocycles. The standard InChI is InChI=1S/C30H29NO7/c1-5-36-24-15-19(7-10-22(24)35-4)27-26(28(32)20-8-11-23-25(16-20)38-13-12-37-23)29(33)30(34)31(27)21-9-6-17(2)18(3)14-21/h6-11,14-16,27,32H,5,12-13H2,1-4H3/b28-26+. The van der Waals surface area contributed by atoms with Gasteiger partial charge in [-0.05, 0) is 79.9 Å². The summed E-state index contributed by atoms with van der Waals surface area (Å²) in [5, 5.41) is 11.5. The van der Waals surface area contributed by atoms with Crippen LogP contribution >= 0.6 is 0 Å². The summed E-state index contributed by atoms with van der Waals surface area (Å²) in [6.45, 7) is 6.98. The molecular formula is C30H29NO7. The Labute approximate surface area is 221 Å². The van der Waals surface area contributed by atoms with Gasteiger partial charge in [0.2, 0.25) is 0 Å². The summed E-state index contributed by atoms with van der Waals surface area (Å²) < 4.78 is 22.5. The Hall–Kier alpha value is -4.46. The van der Waals surface area contributed by atoms with Crippen molar-refractivity contribution in [2.45, 2.75) is 26.8 Å². The van der Waals surface area contributed by atoms with Gasteiger partial charge >= 0.3 is 0 Å². The van der Waals surface area contributed by atoms with Gasteiger partial charge in [0.1, 0.15) is 19.0 Å². The molecule has 1 atom stereocenters. The number of methoxy groups -OCH3 is 1. The van der Waals surface area contributed by atoms with Crippen LogP contribution in [0.4, 0.5) is 5.69 Å². The number of carbonyl (C=O) groups is 2. The normalized spacial score (nSPS) is 18.0. The maximum Gasteiger partial charge on any atom is 0.300 e. The van der Waals surface area contributed by atoms with Crippen molar-refractivity contribution in [2.24, 2.45) is 0 Å². The smallest absolute Gasteiger partial charge is 0.300 e. The van der Waals surface area contributed by atoms with Crippen LogP contribution in [-0.4, -0.2) is 43.7 Å². The van der Waals surface area contributed by atoms with Gasteiger partial charge in [-0.25, -0.2) is 0 Å². The van der Waals surface area contributed by atoms with E-state index >= 15 is 0 Å². The number of hydrogen-bond donors (Lipinski definition) is 1. The van der Waals surface area contributed by atoms with Crippen LogP contribution < -0.4 is 23.8 Å². The van der Waals surface area contributed by atoms with Crippen molar-refractivity contribution < 1.29 is 33.6 Å². The number of fused-ring (bicyclic) bond motifs is 1. The molecule has 1 saturated heterocycles. The van der Waals surface area contributed by atoms with Crippen molar-refractivity contribution in [3.05, 3.63) is 82.4 Å². The highest BCUT2D eigenvalue weighted by atomic mass is 16.6. The summed E-state index contributed by atoms with van der Waals surface area (Å²) in [4.78, 5) is 28.5. The largest absolute Gasteiger partial charge is 0.507 e. The second-order valence-electron chi connectivity index (χ2n) is 9.14. The molecule has 196 valence electrons. The first-order valence-corrected chi connectivity index (χ1v) is 12.4. The number of rotatable bonds is 6. The third kappa shape index (κ3) is 4.32. The molecule has 2 heterocycles. The minimum absolute atomic E-state index is 0.0301. The molecule has 1 fully saturated rings. The number of amides is 1. The minimum atomic E-state index is -0.907. The van der Waals surface area contributed by atoms with Crippen molar-refractivity contribution in [1.29, 1.82) is 0 Å². The molecule has 1 unspecified atom stereocenters. The second-order valence-corrected chi connectivity index (χ2v) is 9.14. The first-order valence-electron chi connectivity index (χ1n) is 12.4. The quantitative estimate of drug-likeness (QED) is 0.277. The van der Waals surface area contributed by atoms with Crippen LogP contribution in [0.25, 0.3) is 5.76 Å². The number of aliphatic hydroxyl groups excluding tert-OH is 1. The van der Waals surface area contributed by atoms with E-state index in [0.29, 0.717) is 59.6 Å².